The Morgan fingerprint density at radius 2 is 1.13 bits per heavy atom. The highest BCUT2D eigenvalue weighted by Gasteiger charge is 2.16. The first-order valence-corrected chi connectivity index (χ1v) is 5.67. The summed E-state index contributed by atoms with van der Waals surface area (Å²) in [5.41, 5.74) is 0. The second-order valence-corrected chi connectivity index (χ2v) is 3.49. The topological polar surface area (TPSA) is 45.8 Å². The van der Waals surface area contributed by atoms with Crippen molar-refractivity contribution in [2.24, 2.45) is 0 Å². The highest BCUT2D eigenvalue weighted by Crippen LogP contribution is 2.03. The average molecular weight is 214 g/mol. The molecule has 0 aliphatic rings. The Balaban J connectivity index is 0. The molecule has 1 rings (SSSR count). The fraction of sp³-hybridized carbons (Fsp3) is 0.667. The number of nitrogens with one attached hydrogen (secondary N) is 1. The normalized spacial score (nSPS) is 9.87. The third-order valence-corrected chi connectivity index (χ3v) is 3.18. The third kappa shape index (κ3) is 6.31. The molecular formula is C12H26N2O. The summed E-state index contributed by atoms with van der Waals surface area (Å²) in [6, 6.07) is 3.89. The number of nitrogens with zero attached hydrogens (tertiary/aromatic N) is 1. The van der Waals surface area contributed by atoms with Crippen LogP contribution in [0.5, 0.6) is 0 Å². The van der Waals surface area contributed by atoms with Gasteiger partial charge in [0.05, 0.1) is 26.2 Å². The summed E-state index contributed by atoms with van der Waals surface area (Å²) in [6.07, 6.45) is 3.75. The third-order valence-electron chi connectivity index (χ3n) is 3.18. The van der Waals surface area contributed by atoms with Crippen molar-refractivity contribution in [3.05, 3.63) is 24.5 Å². The van der Waals surface area contributed by atoms with Crippen molar-refractivity contribution >= 4 is 0 Å². The van der Waals surface area contributed by atoms with E-state index in [9.17, 15) is 0 Å². The molecule has 0 aromatic carbocycles. The van der Waals surface area contributed by atoms with E-state index in [1.54, 1.807) is 0 Å². The first-order valence-electron chi connectivity index (χ1n) is 5.67. The van der Waals surface area contributed by atoms with E-state index in [1.807, 2.05) is 24.5 Å². The summed E-state index contributed by atoms with van der Waals surface area (Å²) in [6.45, 7) is 14.2. The van der Waals surface area contributed by atoms with E-state index in [0.29, 0.717) is 0 Å². The lowest BCUT2D eigenvalue weighted by atomic mass is 10.3. The first-order chi connectivity index (χ1) is 6.74. The standard InChI is InChI=1S/C8H20N.C4H5N.H2O/c1-5-9(6-2,7-3)8-4;1-2-4-5-3-1;/h5-8H2,1-4H3;1-5H;1H2/q+1;;/p-1. The molecule has 0 amide bonds. The van der Waals surface area contributed by atoms with Crippen molar-refractivity contribution in [2.45, 2.75) is 27.7 Å². The number of hydrogen-bond donors (Lipinski definition) is 1. The van der Waals surface area contributed by atoms with Crippen LogP contribution in [-0.4, -0.2) is 41.1 Å². The molecule has 1 aromatic heterocycles. The number of rotatable bonds is 4. The van der Waals surface area contributed by atoms with Gasteiger partial charge in [-0.25, -0.2) is 0 Å². The van der Waals surface area contributed by atoms with Crippen molar-refractivity contribution in [2.75, 3.05) is 26.2 Å². The Kier molecular flexibility index (Phi) is 10.8. The molecule has 0 unspecified atom stereocenters. The van der Waals surface area contributed by atoms with Crippen LogP contribution >= 0.6 is 0 Å². The molecule has 0 fully saturated rings. The smallest absolute Gasteiger partial charge is 0.0757 e. The van der Waals surface area contributed by atoms with Gasteiger partial charge in [0.2, 0.25) is 0 Å². The zero-order valence-electron chi connectivity index (χ0n) is 10.5. The molecule has 0 atom stereocenters. The molecule has 3 nitrogen and oxygen atoms in total. The highest BCUT2D eigenvalue weighted by atomic mass is 16.0. The molecule has 90 valence electrons. The summed E-state index contributed by atoms with van der Waals surface area (Å²) in [7, 11) is 0. The van der Waals surface area contributed by atoms with Gasteiger partial charge in [0.15, 0.2) is 0 Å². The summed E-state index contributed by atoms with van der Waals surface area (Å²) in [5.74, 6) is 0. The molecular weight excluding hydrogens is 188 g/mol. The molecule has 0 bridgehead atoms. The Labute approximate surface area is 94.0 Å². The largest absolute Gasteiger partial charge is 0.870 e. The summed E-state index contributed by atoms with van der Waals surface area (Å²) < 4.78 is 1.28. The van der Waals surface area contributed by atoms with E-state index < -0.39 is 0 Å². The van der Waals surface area contributed by atoms with E-state index >= 15 is 0 Å². The number of aromatic amines is 1. The lowest BCUT2D eigenvalue weighted by molar-refractivity contribution is -0.921. The molecule has 3 heteroatoms. The highest BCUT2D eigenvalue weighted by molar-refractivity contribution is 4.84. The molecule has 0 saturated carbocycles. The second-order valence-electron chi connectivity index (χ2n) is 3.49. The van der Waals surface area contributed by atoms with Crippen molar-refractivity contribution in [1.29, 1.82) is 0 Å². The van der Waals surface area contributed by atoms with Crippen molar-refractivity contribution in [3.8, 4) is 0 Å². The molecule has 1 heterocycles. The first kappa shape index (κ1) is 16.6. The molecule has 1 aromatic rings. The summed E-state index contributed by atoms with van der Waals surface area (Å²) in [5, 5.41) is 0. The van der Waals surface area contributed by atoms with Gasteiger partial charge in [-0.05, 0) is 39.8 Å². The lowest BCUT2D eigenvalue weighted by Gasteiger charge is -2.34. The van der Waals surface area contributed by atoms with Gasteiger partial charge in [-0.2, -0.15) is 0 Å². The van der Waals surface area contributed by atoms with Gasteiger partial charge >= 0.3 is 0 Å². The zero-order chi connectivity index (χ0) is 10.9. The number of H-pyrrole nitrogens is 1. The molecule has 0 radical (unpaired) electrons. The molecule has 2 N–H and O–H groups in total. The van der Waals surface area contributed by atoms with E-state index in [0.717, 1.165) is 0 Å². The Hall–Kier alpha value is -0.800. The summed E-state index contributed by atoms with van der Waals surface area (Å²) >= 11 is 0. The molecule has 15 heavy (non-hydrogen) atoms. The minimum atomic E-state index is 0. The molecule has 0 aliphatic carbocycles. The quantitative estimate of drug-likeness (QED) is 0.770. The fourth-order valence-electron chi connectivity index (χ4n) is 1.62. The Morgan fingerprint density at radius 3 is 1.20 bits per heavy atom. The molecule has 0 aliphatic heterocycles. The zero-order valence-corrected chi connectivity index (χ0v) is 10.5. The maximum absolute atomic E-state index is 2.86. The molecule has 0 spiro atoms. The van der Waals surface area contributed by atoms with Gasteiger partial charge in [-0.15, -0.1) is 0 Å². The minimum Gasteiger partial charge on any atom is -0.870 e. The van der Waals surface area contributed by atoms with E-state index in [4.69, 9.17) is 0 Å². The predicted molar refractivity (Wildman–Crippen MR) is 65.2 cm³/mol. The lowest BCUT2D eigenvalue weighted by Crippen LogP contribution is -2.47. The van der Waals surface area contributed by atoms with Crippen molar-refractivity contribution in [3.63, 3.8) is 0 Å². The Morgan fingerprint density at radius 1 is 0.800 bits per heavy atom. The van der Waals surface area contributed by atoms with Crippen LogP contribution in [0.2, 0.25) is 0 Å². The van der Waals surface area contributed by atoms with Gasteiger partial charge in [-0.3, -0.25) is 0 Å². The SMILES string of the molecule is CC[N+](CC)(CC)CC.[OH-].c1cc[nH]c1. The van der Waals surface area contributed by atoms with E-state index in [2.05, 4.69) is 32.7 Å². The predicted octanol–water partition coefficient (Wildman–Crippen LogP) is 2.72. The van der Waals surface area contributed by atoms with Crippen LogP contribution in [-0.2, 0) is 0 Å². The van der Waals surface area contributed by atoms with Crippen LogP contribution in [0.3, 0.4) is 0 Å². The number of quaternary nitrogens is 1. The summed E-state index contributed by atoms with van der Waals surface area (Å²) in [4.78, 5) is 2.86. The van der Waals surface area contributed by atoms with Crippen molar-refractivity contribution < 1.29 is 9.96 Å². The van der Waals surface area contributed by atoms with Gasteiger partial charge in [-0.1, -0.05) is 0 Å². The van der Waals surface area contributed by atoms with Crippen molar-refractivity contribution in [1.82, 2.24) is 4.98 Å². The van der Waals surface area contributed by atoms with Crippen LogP contribution < -0.4 is 0 Å². The monoisotopic (exact) mass is 214 g/mol. The van der Waals surface area contributed by atoms with Crippen LogP contribution in [0, 0.1) is 0 Å². The second kappa shape index (κ2) is 9.74. The minimum absolute atomic E-state index is 0. The van der Waals surface area contributed by atoms with Crippen LogP contribution in [0.15, 0.2) is 24.5 Å². The van der Waals surface area contributed by atoms with E-state index in [1.165, 1.54) is 30.7 Å². The maximum Gasteiger partial charge on any atom is 0.0757 e. The number of hydrogen-bond acceptors (Lipinski definition) is 1. The molecule has 0 saturated heterocycles. The van der Waals surface area contributed by atoms with Gasteiger partial charge in [0.1, 0.15) is 0 Å². The maximum atomic E-state index is 2.86. The van der Waals surface area contributed by atoms with Gasteiger partial charge in [0.25, 0.3) is 0 Å². The van der Waals surface area contributed by atoms with Crippen LogP contribution in [0.25, 0.3) is 0 Å². The van der Waals surface area contributed by atoms with Crippen LogP contribution in [0.4, 0.5) is 0 Å². The average Bonchev–Trinajstić information content (AvgIpc) is 2.80. The van der Waals surface area contributed by atoms with Gasteiger partial charge in [0, 0.05) is 12.4 Å². The fourth-order valence-corrected chi connectivity index (χ4v) is 1.62. The Bertz CT molecular complexity index is 159. The van der Waals surface area contributed by atoms with Crippen LogP contribution in [0.1, 0.15) is 27.7 Å². The number of aromatic nitrogens is 1. The van der Waals surface area contributed by atoms with E-state index in [-0.39, 0.29) is 5.48 Å². The van der Waals surface area contributed by atoms with Gasteiger partial charge < -0.3 is 14.9 Å².